The van der Waals surface area contributed by atoms with E-state index in [0.717, 1.165) is 12.1 Å². The maximum absolute atomic E-state index is 12.0. The first-order valence-corrected chi connectivity index (χ1v) is 6.53. The number of amides is 1. The molecule has 1 heterocycles. The first-order chi connectivity index (χ1) is 9.03. The van der Waals surface area contributed by atoms with Crippen molar-refractivity contribution in [3.05, 3.63) is 17.5 Å². The molecule has 0 aromatic carbocycles. The molecule has 1 aromatic heterocycles. The predicted octanol–water partition coefficient (Wildman–Crippen LogP) is 0.976. The Hall–Kier alpha value is -1.56. The van der Waals surface area contributed by atoms with E-state index in [1.54, 1.807) is 10.7 Å². The Labute approximate surface area is 117 Å². The number of methoxy groups -OCH3 is 1. The van der Waals surface area contributed by atoms with Crippen LogP contribution in [0.5, 0.6) is 0 Å². The molecule has 1 amide bonds. The van der Waals surface area contributed by atoms with Crippen molar-refractivity contribution in [2.24, 2.45) is 0 Å². The maximum Gasteiger partial charge on any atom is 0.325 e. The lowest BCUT2D eigenvalue weighted by molar-refractivity contribution is -0.140. The second-order valence-electron chi connectivity index (χ2n) is 3.89. The van der Waals surface area contributed by atoms with Crippen LogP contribution in [0.3, 0.4) is 0 Å². The molecule has 1 unspecified atom stereocenters. The fourth-order valence-corrected chi connectivity index (χ4v) is 1.72. The molecule has 0 bridgehead atoms. The van der Waals surface area contributed by atoms with Crippen molar-refractivity contribution in [2.75, 3.05) is 13.7 Å². The molecule has 0 aliphatic carbocycles. The van der Waals surface area contributed by atoms with E-state index >= 15 is 0 Å². The normalized spacial score (nSPS) is 12.0. The zero-order chi connectivity index (χ0) is 14.4. The summed E-state index contributed by atoms with van der Waals surface area (Å²) in [7, 11) is 1.25. The largest absolute Gasteiger partial charge is 0.468 e. The van der Waals surface area contributed by atoms with Crippen LogP contribution in [-0.4, -0.2) is 40.7 Å². The number of alkyl halides is 1. The van der Waals surface area contributed by atoms with Gasteiger partial charge in [-0.15, -0.1) is 11.6 Å². The third-order valence-corrected chi connectivity index (χ3v) is 2.96. The molecule has 1 aromatic rings. The molecule has 0 fully saturated rings. The number of nitrogens with zero attached hydrogens (tertiary/aromatic N) is 2. The quantitative estimate of drug-likeness (QED) is 0.625. The van der Waals surface area contributed by atoms with Crippen molar-refractivity contribution >= 4 is 23.5 Å². The first-order valence-electron chi connectivity index (χ1n) is 6.10. The third kappa shape index (κ3) is 3.96. The number of esters is 1. The minimum absolute atomic E-state index is 0.0173. The van der Waals surface area contributed by atoms with E-state index in [1.807, 2.05) is 13.8 Å². The Morgan fingerprint density at radius 2 is 2.21 bits per heavy atom. The zero-order valence-electron chi connectivity index (χ0n) is 11.3. The molecule has 19 heavy (non-hydrogen) atoms. The van der Waals surface area contributed by atoms with Gasteiger partial charge in [0.1, 0.15) is 11.1 Å². The van der Waals surface area contributed by atoms with Crippen LogP contribution in [0, 0.1) is 0 Å². The number of nitrogens with one attached hydrogen (secondary N) is 1. The average molecular weight is 288 g/mol. The van der Waals surface area contributed by atoms with Crippen molar-refractivity contribution in [1.29, 1.82) is 0 Å². The lowest BCUT2D eigenvalue weighted by Crippen LogP contribution is -2.35. The number of aryl methyl sites for hydroxylation is 2. The monoisotopic (exact) mass is 287 g/mol. The summed E-state index contributed by atoms with van der Waals surface area (Å²) in [5, 5.41) is 5.98. The van der Waals surface area contributed by atoms with E-state index in [1.165, 1.54) is 7.11 Å². The molecular weight excluding hydrogens is 270 g/mol. The van der Waals surface area contributed by atoms with E-state index in [4.69, 9.17) is 11.6 Å². The number of rotatable bonds is 6. The number of halogens is 1. The molecule has 0 aliphatic rings. The van der Waals surface area contributed by atoms with Gasteiger partial charge in [-0.2, -0.15) is 5.10 Å². The van der Waals surface area contributed by atoms with E-state index in [2.05, 4.69) is 15.2 Å². The summed E-state index contributed by atoms with van der Waals surface area (Å²) in [4.78, 5) is 23.1. The Morgan fingerprint density at radius 3 is 2.74 bits per heavy atom. The van der Waals surface area contributed by atoms with Gasteiger partial charge in [-0.25, -0.2) is 0 Å². The van der Waals surface area contributed by atoms with Crippen molar-refractivity contribution in [1.82, 2.24) is 15.1 Å². The van der Waals surface area contributed by atoms with Crippen LogP contribution in [0.2, 0.25) is 0 Å². The van der Waals surface area contributed by atoms with Crippen LogP contribution < -0.4 is 5.32 Å². The van der Waals surface area contributed by atoms with Gasteiger partial charge >= 0.3 is 5.97 Å². The number of aromatic nitrogens is 2. The molecule has 0 aliphatic heterocycles. The van der Waals surface area contributed by atoms with Gasteiger partial charge in [0.15, 0.2) is 0 Å². The summed E-state index contributed by atoms with van der Waals surface area (Å²) in [6, 6.07) is 1.74. The molecule has 0 saturated carbocycles. The smallest absolute Gasteiger partial charge is 0.325 e. The summed E-state index contributed by atoms with van der Waals surface area (Å²) in [6.07, 6.45) is 0.758. The van der Waals surface area contributed by atoms with Gasteiger partial charge in [0.05, 0.1) is 12.8 Å². The Bertz CT molecular complexity index is 459. The third-order valence-electron chi connectivity index (χ3n) is 2.62. The highest BCUT2D eigenvalue weighted by atomic mass is 35.5. The van der Waals surface area contributed by atoms with E-state index in [9.17, 15) is 9.59 Å². The first kappa shape index (κ1) is 15.5. The van der Waals surface area contributed by atoms with Crippen LogP contribution in [0.25, 0.3) is 0 Å². The molecule has 1 atom stereocenters. The summed E-state index contributed by atoms with van der Waals surface area (Å²) in [5.41, 5.74) is 1.32. The van der Waals surface area contributed by atoms with E-state index < -0.39 is 11.3 Å². The van der Waals surface area contributed by atoms with Crippen molar-refractivity contribution < 1.29 is 14.3 Å². The zero-order valence-corrected chi connectivity index (χ0v) is 12.0. The van der Waals surface area contributed by atoms with Crippen molar-refractivity contribution in [3.8, 4) is 0 Å². The average Bonchev–Trinajstić information content (AvgIpc) is 2.86. The van der Waals surface area contributed by atoms with Crippen molar-refractivity contribution in [3.63, 3.8) is 0 Å². The number of hydrogen-bond acceptors (Lipinski definition) is 4. The lowest BCUT2D eigenvalue weighted by atomic mass is 10.3. The van der Waals surface area contributed by atoms with Crippen LogP contribution in [-0.2, 0) is 22.5 Å². The number of hydrogen-bond donors (Lipinski definition) is 1. The van der Waals surface area contributed by atoms with Gasteiger partial charge in [0, 0.05) is 13.1 Å². The van der Waals surface area contributed by atoms with E-state index in [-0.39, 0.29) is 12.5 Å². The van der Waals surface area contributed by atoms with Gasteiger partial charge in [0.2, 0.25) is 0 Å². The van der Waals surface area contributed by atoms with Crippen LogP contribution in [0.15, 0.2) is 6.07 Å². The highest BCUT2D eigenvalue weighted by molar-refractivity contribution is 6.30. The number of ether oxygens (including phenoxy) is 1. The topological polar surface area (TPSA) is 73.2 Å². The fraction of sp³-hybridized carbons (Fsp3) is 0.583. The summed E-state index contributed by atoms with van der Waals surface area (Å²) >= 11 is 5.76. The SMILES string of the molecule is CCc1cc(C(=O)NCC(Cl)C(=O)OC)n(CC)n1. The minimum Gasteiger partial charge on any atom is -0.468 e. The Kier molecular flexibility index (Phi) is 5.82. The molecule has 6 nitrogen and oxygen atoms in total. The van der Waals surface area contributed by atoms with Gasteiger partial charge in [-0.05, 0) is 19.4 Å². The molecule has 106 valence electrons. The molecule has 1 N–H and O–H groups in total. The standard InChI is InChI=1S/C12H18ClN3O3/c1-4-8-6-10(16(5-2)15-8)11(17)14-7-9(13)12(18)19-3/h6,9H,4-5,7H2,1-3H3,(H,14,17). The molecule has 0 saturated heterocycles. The molecule has 0 spiro atoms. The summed E-state index contributed by atoms with van der Waals surface area (Å²) < 4.78 is 6.10. The Morgan fingerprint density at radius 1 is 1.53 bits per heavy atom. The molecule has 7 heteroatoms. The maximum atomic E-state index is 12.0. The van der Waals surface area contributed by atoms with Gasteiger partial charge in [-0.3, -0.25) is 14.3 Å². The van der Waals surface area contributed by atoms with Gasteiger partial charge in [-0.1, -0.05) is 6.92 Å². The fourth-order valence-electron chi connectivity index (χ4n) is 1.55. The summed E-state index contributed by atoms with van der Waals surface area (Å²) in [5.74, 6) is -0.871. The number of carbonyl (C=O) groups is 2. The summed E-state index contributed by atoms with van der Waals surface area (Å²) in [6.45, 7) is 4.49. The van der Waals surface area contributed by atoms with Crippen molar-refractivity contribution in [2.45, 2.75) is 32.2 Å². The predicted molar refractivity (Wildman–Crippen MR) is 71.3 cm³/mol. The van der Waals surface area contributed by atoms with Crippen LogP contribution in [0.4, 0.5) is 0 Å². The second-order valence-corrected chi connectivity index (χ2v) is 4.42. The highest BCUT2D eigenvalue weighted by Gasteiger charge is 2.19. The van der Waals surface area contributed by atoms with E-state index in [0.29, 0.717) is 12.2 Å². The highest BCUT2D eigenvalue weighted by Crippen LogP contribution is 2.06. The lowest BCUT2D eigenvalue weighted by Gasteiger charge is -2.09. The van der Waals surface area contributed by atoms with Crippen LogP contribution in [0.1, 0.15) is 30.0 Å². The van der Waals surface area contributed by atoms with Gasteiger partial charge in [0.25, 0.3) is 5.91 Å². The molecule has 0 radical (unpaired) electrons. The second kappa shape index (κ2) is 7.13. The van der Waals surface area contributed by atoms with Gasteiger partial charge < -0.3 is 10.1 Å². The minimum atomic E-state index is -0.891. The Balaban J connectivity index is 2.68. The molecule has 1 rings (SSSR count). The van der Waals surface area contributed by atoms with Crippen LogP contribution >= 0.6 is 11.6 Å². The number of carbonyl (C=O) groups excluding carboxylic acids is 2. The molecular formula is C12H18ClN3O3.